The number of carbonyl (C=O) groups is 1. The Morgan fingerprint density at radius 2 is 2.00 bits per heavy atom. The summed E-state index contributed by atoms with van der Waals surface area (Å²) in [6, 6.07) is 7.97. The fourth-order valence-corrected chi connectivity index (χ4v) is 2.57. The fraction of sp³-hybridized carbons (Fsp3) is 0.450. The summed E-state index contributed by atoms with van der Waals surface area (Å²) in [5.74, 6) is 1.56. The zero-order chi connectivity index (χ0) is 16.3. The summed E-state index contributed by atoms with van der Waals surface area (Å²) in [6.45, 7) is 1.45. The van der Waals surface area contributed by atoms with Crippen LogP contribution in [0.3, 0.4) is 0 Å². The van der Waals surface area contributed by atoms with Crippen LogP contribution in [0.5, 0.6) is 5.75 Å². The van der Waals surface area contributed by atoms with Gasteiger partial charge in [0.25, 0.3) is 0 Å². The minimum atomic E-state index is 0.261. The van der Waals surface area contributed by atoms with Crippen LogP contribution in [0.2, 0.25) is 0 Å². The largest absolute Gasteiger partial charge is 0.497 e. The maximum Gasteiger partial charge on any atom is 0.155 e. The van der Waals surface area contributed by atoms with Crippen LogP contribution in [0, 0.1) is 5.92 Å². The predicted octanol–water partition coefficient (Wildman–Crippen LogP) is 4.47. The maximum absolute atomic E-state index is 11.1. The molecule has 124 valence electrons. The molecular weight excluding hydrogens is 288 g/mol. The highest BCUT2D eigenvalue weighted by Crippen LogP contribution is 2.18. The molecule has 1 aromatic carbocycles. The lowest BCUT2D eigenvalue weighted by Crippen LogP contribution is -1.95. The zero-order valence-electron chi connectivity index (χ0n) is 13.9. The third-order valence-electron chi connectivity index (χ3n) is 3.96. The van der Waals surface area contributed by atoms with Crippen LogP contribution < -0.4 is 4.74 Å². The Morgan fingerprint density at radius 1 is 1.17 bits per heavy atom. The molecule has 1 aromatic rings. The van der Waals surface area contributed by atoms with Crippen molar-refractivity contribution in [3.63, 3.8) is 0 Å². The standard InChI is InChI=1S/C20H26O3/c1-22-20-12-9-18(10-13-20)16-23-14-6-4-2-3-5-7-17-8-11-19(21)15-17/h3,5,8-13,17H,2,4,6-7,14-16H2,1H3/b5-3-/t17-/m0/s1. The third-order valence-corrected chi connectivity index (χ3v) is 3.96. The monoisotopic (exact) mass is 314 g/mol. The second-order valence-electron chi connectivity index (χ2n) is 5.89. The van der Waals surface area contributed by atoms with Gasteiger partial charge in [-0.15, -0.1) is 0 Å². The highest BCUT2D eigenvalue weighted by Gasteiger charge is 2.13. The molecule has 0 aromatic heterocycles. The van der Waals surface area contributed by atoms with Crippen molar-refractivity contribution >= 4 is 5.78 Å². The lowest BCUT2D eigenvalue weighted by Gasteiger charge is -2.05. The molecule has 0 fully saturated rings. The van der Waals surface area contributed by atoms with Gasteiger partial charge in [-0.25, -0.2) is 0 Å². The first-order valence-corrected chi connectivity index (χ1v) is 8.34. The second kappa shape index (κ2) is 10.0. The first-order chi connectivity index (χ1) is 11.3. The molecule has 0 spiro atoms. The van der Waals surface area contributed by atoms with Gasteiger partial charge in [0.05, 0.1) is 13.7 Å². The molecule has 0 heterocycles. The number of allylic oxidation sites excluding steroid dienone is 4. The topological polar surface area (TPSA) is 35.5 Å². The number of ether oxygens (including phenoxy) is 2. The van der Waals surface area contributed by atoms with Gasteiger partial charge in [-0.3, -0.25) is 4.79 Å². The highest BCUT2D eigenvalue weighted by atomic mass is 16.5. The van der Waals surface area contributed by atoms with E-state index in [4.69, 9.17) is 9.47 Å². The minimum Gasteiger partial charge on any atom is -0.497 e. The van der Waals surface area contributed by atoms with Crippen LogP contribution in [0.1, 0.15) is 37.7 Å². The normalized spacial score (nSPS) is 17.3. The van der Waals surface area contributed by atoms with Gasteiger partial charge in [0.15, 0.2) is 5.78 Å². The molecule has 1 aliphatic carbocycles. The minimum absolute atomic E-state index is 0.261. The molecular formula is C20H26O3. The van der Waals surface area contributed by atoms with E-state index >= 15 is 0 Å². The van der Waals surface area contributed by atoms with Crippen molar-refractivity contribution in [2.75, 3.05) is 13.7 Å². The van der Waals surface area contributed by atoms with E-state index in [-0.39, 0.29) is 5.78 Å². The lowest BCUT2D eigenvalue weighted by molar-refractivity contribution is -0.114. The Hall–Kier alpha value is -1.87. The molecule has 2 rings (SSSR count). The molecule has 23 heavy (non-hydrogen) atoms. The van der Waals surface area contributed by atoms with Crippen LogP contribution in [0.25, 0.3) is 0 Å². The summed E-state index contributed by atoms with van der Waals surface area (Å²) in [4.78, 5) is 11.1. The summed E-state index contributed by atoms with van der Waals surface area (Å²) in [6.07, 6.45) is 13.1. The maximum atomic E-state index is 11.1. The molecule has 3 nitrogen and oxygen atoms in total. The molecule has 0 saturated carbocycles. The number of methoxy groups -OCH3 is 1. The van der Waals surface area contributed by atoms with E-state index in [1.807, 2.05) is 30.3 Å². The van der Waals surface area contributed by atoms with Crippen molar-refractivity contribution < 1.29 is 14.3 Å². The van der Waals surface area contributed by atoms with Crippen LogP contribution in [0.4, 0.5) is 0 Å². The smallest absolute Gasteiger partial charge is 0.155 e. The van der Waals surface area contributed by atoms with Gasteiger partial charge in [0.2, 0.25) is 0 Å². The predicted molar refractivity (Wildman–Crippen MR) is 92.5 cm³/mol. The van der Waals surface area contributed by atoms with E-state index in [9.17, 15) is 4.79 Å². The van der Waals surface area contributed by atoms with Gasteiger partial charge in [-0.05, 0) is 55.4 Å². The average Bonchev–Trinajstić information content (AvgIpc) is 2.99. The van der Waals surface area contributed by atoms with E-state index in [0.29, 0.717) is 18.9 Å². The number of carbonyl (C=O) groups excluding carboxylic acids is 1. The van der Waals surface area contributed by atoms with E-state index in [0.717, 1.165) is 38.0 Å². The number of ketones is 1. The average molecular weight is 314 g/mol. The van der Waals surface area contributed by atoms with E-state index in [1.54, 1.807) is 13.2 Å². The van der Waals surface area contributed by atoms with E-state index in [2.05, 4.69) is 12.2 Å². The van der Waals surface area contributed by atoms with Crippen molar-refractivity contribution in [2.24, 2.45) is 5.92 Å². The van der Waals surface area contributed by atoms with Crippen LogP contribution in [-0.4, -0.2) is 19.5 Å². The zero-order valence-corrected chi connectivity index (χ0v) is 13.9. The third kappa shape index (κ3) is 6.83. The molecule has 0 N–H and O–H groups in total. The van der Waals surface area contributed by atoms with Gasteiger partial charge in [-0.2, -0.15) is 0 Å². The van der Waals surface area contributed by atoms with Gasteiger partial charge in [0, 0.05) is 13.0 Å². The first kappa shape index (κ1) is 17.5. The Bertz CT molecular complexity index is 528. The first-order valence-electron chi connectivity index (χ1n) is 8.34. The van der Waals surface area contributed by atoms with Gasteiger partial charge in [-0.1, -0.05) is 30.4 Å². The summed E-state index contributed by atoms with van der Waals surface area (Å²) < 4.78 is 10.8. The number of hydrogen-bond donors (Lipinski definition) is 0. The van der Waals surface area contributed by atoms with Gasteiger partial charge >= 0.3 is 0 Å². The molecule has 1 aliphatic rings. The SMILES string of the molecule is COc1ccc(COCCCC/C=C\C[C@H]2C=CC(=O)C2)cc1. The molecule has 0 saturated heterocycles. The van der Waals surface area contributed by atoms with Crippen molar-refractivity contribution in [3.05, 3.63) is 54.1 Å². The number of hydrogen-bond acceptors (Lipinski definition) is 3. The fourth-order valence-electron chi connectivity index (χ4n) is 2.57. The van der Waals surface area contributed by atoms with Gasteiger partial charge < -0.3 is 9.47 Å². The van der Waals surface area contributed by atoms with Crippen molar-refractivity contribution in [1.29, 1.82) is 0 Å². The van der Waals surface area contributed by atoms with E-state index in [1.165, 1.54) is 5.56 Å². The van der Waals surface area contributed by atoms with Crippen molar-refractivity contribution in [3.8, 4) is 5.75 Å². The summed E-state index contributed by atoms with van der Waals surface area (Å²) in [5.41, 5.74) is 1.17. The van der Waals surface area contributed by atoms with Crippen molar-refractivity contribution in [2.45, 2.75) is 38.7 Å². The Balaban J connectivity index is 1.46. The lowest BCUT2D eigenvalue weighted by atomic mass is 10.0. The molecule has 3 heteroatoms. The highest BCUT2D eigenvalue weighted by molar-refractivity contribution is 5.92. The van der Waals surface area contributed by atoms with Crippen molar-refractivity contribution in [1.82, 2.24) is 0 Å². The van der Waals surface area contributed by atoms with Crippen LogP contribution >= 0.6 is 0 Å². The van der Waals surface area contributed by atoms with Crippen LogP contribution in [0.15, 0.2) is 48.6 Å². The Labute approximate surface area is 139 Å². The number of unbranched alkanes of at least 4 members (excludes halogenated alkanes) is 2. The molecule has 0 unspecified atom stereocenters. The molecule has 0 bridgehead atoms. The summed E-state index contributed by atoms with van der Waals surface area (Å²) >= 11 is 0. The summed E-state index contributed by atoms with van der Waals surface area (Å²) in [7, 11) is 1.67. The Morgan fingerprint density at radius 3 is 2.70 bits per heavy atom. The van der Waals surface area contributed by atoms with Crippen LogP contribution in [-0.2, 0) is 16.1 Å². The van der Waals surface area contributed by atoms with Gasteiger partial charge in [0.1, 0.15) is 5.75 Å². The quantitative estimate of drug-likeness (QED) is 0.472. The number of rotatable bonds is 10. The second-order valence-corrected chi connectivity index (χ2v) is 5.89. The molecule has 0 amide bonds. The number of benzene rings is 1. The molecule has 0 aliphatic heterocycles. The summed E-state index contributed by atoms with van der Waals surface area (Å²) in [5, 5.41) is 0. The molecule has 1 atom stereocenters. The van der Waals surface area contributed by atoms with E-state index < -0.39 is 0 Å². The Kier molecular flexibility index (Phi) is 7.61. The molecule has 0 radical (unpaired) electrons.